The Labute approximate surface area is 177 Å². The number of nitrogens with one attached hydrogen (secondary N) is 2. The van der Waals surface area contributed by atoms with E-state index < -0.39 is 47.3 Å². The lowest BCUT2D eigenvalue weighted by Crippen LogP contribution is -2.53. The smallest absolute Gasteiger partial charge is 0.322 e. The molecule has 2 N–H and O–H groups in total. The summed E-state index contributed by atoms with van der Waals surface area (Å²) in [4.78, 5) is 26.8. The van der Waals surface area contributed by atoms with Gasteiger partial charge in [0.25, 0.3) is 0 Å². The quantitative estimate of drug-likeness (QED) is 0.633. The van der Waals surface area contributed by atoms with E-state index in [4.69, 9.17) is 0 Å². The lowest BCUT2D eigenvalue weighted by atomic mass is 9.98. The molecule has 1 aliphatic heterocycles. The van der Waals surface area contributed by atoms with Crippen LogP contribution in [-0.2, 0) is 11.3 Å². The number of fused-ring (bicyclic) bond motifs is 1. The summed E-state index contributed by atoms with van der Waals surface area (Å²) in [6.07, 6.45) is 0.240. The largest absolute Gasteiger partial charge is 0.348 e. The van der Waals surface area contributed by atoms with Gasteiger partial charge in [-0.1, -0.05) is 19.9 Å². The first kappa shape index (κ1) is 22.6. The molecule has 0 saturated heterocycles. The lowest BCUT2D eigenvalue weighted by Gasteiger charge is -2.36. The maximum Gasteiger partial charge on any atom is 0.322 e. The number of nitrogens with zero attached hydrogens (tertiary/aromatic N) is 1. The maximum absolute atomic E-state index is 14.3. The van der Waals surface area contributed by atoms with Gasteiger partial charge in [0.15, 0.2) is 11.6 Å². The van der Waals surface area contributed by atoms with Crippen LogP contribution in [0.15, 0.2) is 30.3 Å². The van der Waals surface area contributed by atoms with E-state index in [9.17, 15) is 27.2 Å². The van der Waals surface area contributed by atoms with Crippen molar-refractivity contribution >= 4 is 17.6 Å². The standard InChI is InChI=1S/C22H23F4N3O2/c1-11(2)8-19(21(30)27-12(3)14-5-4-13(23)9-17(14)25)29-10-15-18(28-22(29)31)7-6-16(24)20(15)26/h4-7,9,11-12,19H,8,10H2,1-3H3,(H,27,30)(H,28,31)/t12-,19-/m1/s1. The van der Waals surface area contributed by atoms with Crippen LogP contribution in [0.25, 0.3) is 0 Å². The molecule has 166 valence electrons. The average molecular weight is 437 g/mol. The number of benzene rings is 2. The summed E-state index contributed by atoms with van der Waals surface area (Å²) in [5, 5.41) is 5.12. The minimum atomic E-state index is -1.09. The number of halogens is 4. The van der Waals surface area contributed by atoms with Crippen LogP contribution in [0.3, 0.4) is 0 Å². The number of carbonyl (C=O) groups is 2. The molecule has 2 aromatic rings. The second kappa shape index (κ2) is 8.95. The molecule has 0 aromatic heterocycles. The number of amides is 3. The summed E-state index contributed by atoms with van der Waals surface area (Å²) in [5.41, 5.74) is 0.170. The molecule has 1 aliphatic rings. The van der Waals surface area contributed by atoms with E-state index in [0.717, 1.165) is 23.1 Å². The molecule has 3 amide bonds. The Morgan fingerprint density at radius 3 is 2.45 bits per heavy atom. The Morgan fingerprint density at radius 1 is 1.10 bits per heavy atom. The SMILES string of the molecule is CC(C)C[C@H](C(=O)N[C@H](C)c1ccc(F)cc1F)N1Cc2c(ccc(F)c2F)NC1=O. The molecular weight excluding hydrogens is 414 g/mol. The molecular formula is C22H23F4N3O2. The van der Waals surface area contributed by atoms with Crippen molar-refractivity contribution in [2.24, 2.45) is 5.92 Å². The third-order valence-corrected chi connectivity index (χ3v) is 5.19. The van der Waals surface area contributed by atoms with Gasteiger partial charge in [-0.2, -0.15) is 0 Å². The number of carbonyl (C=O) groups excluding carboxylic acids is 2. The summed E-state index contributed by atoms with van der Waals surface area (Å²) in [6.45, 7) is 4.93. The number of hydrogen-bond acceptors (Lipinski definition) is 2. The Morgan fingerprint density at radius 2 is 1.81 bits per heavy atom. The van der Waals surface area contributed by atoms with Gasteiger partial charge in [-0.3, -0.25) is 4.79 Å². The highest BCUT2D eigenvalue weighted by Gasteiger charge is 2.36. The highest BCUT2D eigenvalue weighted by Crippen LogP contribution is 2.30. The second-order valence-corrected chi connectivity index (χ2v) is 7.99. The van der Waals surface area contributed by atoms with Gasteiger partial charge >= 0.3 is 6.03 Å². The third kappa shape index (κ3) is 4.81. The summed E-state index contributed by atoms with van der Waals surface area (Å²) in [5.74, 6) is -4.29. The van der Waals surface area contributed by atoms with Crippen molar-refractivity contribution in [2.75, 3.05) is 5.32 Å². The Bertz CT molecular complexity index is 1010. The average Bonchev–Trinajstić information content (AvgIpc) is 2.68. The van der Waals surface area contributed by atoms with Crippen LogP contribution >= 0.6 is 0 Å². The maximum atomic E-state index is 14.3. The predicted octanol–water partition coefficient (Wildman–Crippen LogP) is 4.88. The molecule has 5 nitrogen and oxygen atoms in total. The molecule has 0 radical (unpaired) electrons. The number of hydrogen-bond donors (Lipinski definition) is 2. The van der Waals surface area contributed by atoms with Crippen molar-refractivity contribution in [3.05, 3.63) is 64.7 Å². The van der Waals surface area contributed by atoms with E-state index in [-0.39, 0.29) is 35.7 Å². The fourth-order valence-electron chi connectivity index (χ4n) is 3.61. The first-order valence-corrected chi connectivity index (χ1v) is 9.88. The number of anilines is 1. The molecule has 0 saturated carbocycles. The first-order valence-electron chi connectivity index (χ1n) is 9.88. The first-order chi connectivity index (χ1) is 14.6. The molecule has 31 heavy (non-hydrogen) atoms. The van der Waals surface area contributed by atoms with E-state index in [1.54, 1.807) is 0 Å². The van der Waals surface area contributed by atoms with Crippen LogP contribution in [0.1, 0.15) is 44.4 Å². The summed E-state index contributed by atoms with van der Waals surface area (Å²) in [7, 11) is 0. The summed E-state index contributed by atoms with van der Waals surface area (Å²) >= 11 is 0. The van der Waals surface area contributed by atoms with Crippen molar-refractivity contribution in [3.8, 4) is 0 Å². The highest BCUT2D eigenvalue weighted by atomic mass is 19.2. The highest BCUT2D eigenvalue weighted by molar-refractivity contribution is 5.96. The van der Waals surface area contributed by atoms with E-state index in [1.165, 1.54) is 19.1 Å². The molecule has 0 aliphatic carbocycles. The molecule has 2 aromatic carbocycles. The lowest BCUT2D eigenvalue weighted by molar-refractivity contribution is -0.126. The molecule has 1 heterocycles. The van der Waals surface area contributed by atoms with Gasteiger partial charge in [-0.05, 0) is 37.5 Å². The van der Waals surface area contributed by atoms with Gasteiger partial charge in [0.05, 0.1) is 18.3 Å². The van der Waals surface area contributed by atoms with Crippen molar-refractivity contribution < 1.29 is 27.2 Å². The molecule has 0 fully saturated rings. The normalized spacial score (nSPS) is 15.4. The molecule has 9 heteroatoms. The third-order valence-electron chi connectivity index (χ3n) is 5.19. The molecule has 0 unspecified atom stereocenters. The van der Waals surface area contributed by atoms with Gasteiger partial charge in [-0.15, -0.1) is 0 Å². The van der Waals surface area contributed by atoms with E-state index in [1.807, 2.05) is 13.8 Å². The van der Waals surface area contributed by atoms with E-state index >= 15 is 0 Å². The zero-order chi connectivity index (χ0) is 22.9. The van der Waals surface area contributed by atoms with Gasteiger partial charge in [0.2, 0.25) is 5.91 Å². The van der Waals surface area contributed by atoms with E-state index in [2.05, 4.69) is 10.6 Å². The minimum absolute atomic E-state index is 0.0137. The minimum Gasteiger partial charge on any atom is -0.348 e. The number of rotatable bonds is 6. The molecule has 2 atom stereocenters. The second-order valence-electron chi connectivity index (χ2n) is 7.99. The fraction of sp³-hybridized carbons (Fsp3) is 0.364. The monoisotopic (exact) mass is 437 g/mol. The van der Waals surface area contributed by atoms with Crippen molar-refractivity contribution in [1.82, 2.24) is 10.2 Å². The Hall–Kier alpha value is -3.10. The molecule has 3 rings (SSSR count). The summed E-state index contributed by atoms with van der Waals surface area (Å²) in [6, 6.07) is 2.77. The van der Waals surface area contributed by atoms with Gasteiger partial charge < -0.3 is 15.5 Å². The van der Waals surface area contributed by atoms with Crippen molar-refractivity contribution in [2.45, 2.75) is 45.8 Å². The topological polar surface area (TPSA) is 61.4 Å². The Balaban J connectivity index is 1.86. The zero-order valence-electron chi connectivity index (χ0n) is 17.3. The van der Waals surface area contributed by atoms with Crippen molar-refractivity contribution in [1.29, 1.82) is 0 Å². The zero-order valence-corrected chi connectivity index (χ0v) is 17.3. The molecule has 0 spiro atoms. The molecule has 0 bridgehead atoms. The van der Waals surface area contributed by atoms with Gasteiger partial charge in [-0.25, -0.2) is 22.4 Å². The van der Waals surface area contributed by atoms with Crippen LogP contribution in [0.2, 0.25) is 0 Å². The van der Waals surface area contributed by atoms with Crippen LogP contribution in [0.5, 0.6) is 0 Å². The van der Waals surface area contributed by atoms with E-state index in [0.29, 0.717) is 0 Å². The predicted molar refractivity (Wildman–Crippen MR) is 107 cm³/mol. The van der Waals surface area contributed by atoms with Crippen LogP contribution in [0, 0.1) is 29.2 Å². The van der Waals surface area contributed by atoms with Gasteiger partial charge in [0.1, 0.15) is 17.7 Å². The fourth-order valence-corrected chi connectivity index (χ4v) is 3.61. The van der Waals surface area contributed by atoms with Crippen LogP contribution < -0.4 is 10.6 Å². The number of urea groups is 1. The Kier molecular flexibility index (Phi) is 6.52. The van der Waals surface area contributed by atoms with Crippen LogP contribution in [-0.4, -0.2) is 22.9 Å². The van der Waals surface area contributed by atoms with Crippen molar-refractivity contribution in [3.63, 3.8) is 0 Å². The van der Waals surface area contributed by atoms with Crippen LogP contribution in [0.4, 0.5) is 28.0 Å². The van der Waals surface area contributed by atoms with Gasteiger partial charge in [0, 0.05) is 17.2 Å². The summed E-state index contributed by atoms with van der Waals surface area (Å²) < 4.78 is 55.2.